The van der Waals surface area contributed by atoms with Gasteiger partial charge in [0.15, 0.2) is 11.5 Å². The number of nitrogens with one attached hydrogen (secondary N) is 1. The maximum Gasteiger partial charge on any atom is 0.160 e. The largest absolute Gasteiger partial charge is 0.504 e. The molecule has 19 heavy (non-hydrogen) atoms. The molecule has 2 N–H and O–H groups in total. The maximum atomic E-state index is 9.57. The third kappa shape index (κ3) is 3.09. The zero-order chi connectivity index (χ0) is 13.8. The summed E-state index contributed by atoms with van der Waals surface area (Å²) in [4.78, 5) is 4.03. The van der Waals surface area contributed by atoms with Crippen LogP contribution in [-0.4, -0.2) is 17.2 Å². The minimum absolute atomic E-state index is 0.0104. The summed E-state index contributed by atoms with van der Waals surface area (Å²) in [5.41, 5.74) is 1.75. The summed E-state index contributed by atoms with van der Waals surface area (Å²) >= 11 is 6.07. The number of ether oxygens (including phenoxy) is 1. The number of rotatable bonds is 4. The van der Waals surface area contributed by atoms with E-state index in [0.717, 1.165) is 11.3 Å². The second-order valence-electron chi connectivity index (χ2n) is 4.15. The summed E-state index contributed by atoms with van der Waals surface area (Å²) in [5, 5.41) is 13.5. The summed E-state index contributed by atoms with van der Waals surface area (Å²) < 4.78 is 5.09. The van der Waals surface area contributed by atoms with Gasteiger partial charge in [0, 0.05) is 12.2 Å². The van der Waals surface area contributed by atoms with Gasteiger partial charge in [-0.05, 0) is 30.7 Å². The average Bonchev–Trinajstić information content (AvgIpc) is 2.42. The molecule has 0 radical (unpaired) electrons. The van der Waals surface area contributed by atoms with Crippen molar-refractivity contribution in [2.24, 2.45) is 0 Å². The van der Waals surface area contributed by atoms with Gasteiger partial charge in [0.05, 0.1) is 24.0 Å². The van der Waals surface area contributed by atoms with Crippen LogP contribution in [0.5, 0.6) is 11.5 Å². The van der Waals surface area contributed by atoms with Crippen LogP contribution in [0.3, 0.4) is 0 Å². The number of phenolic OH excluding ortho intramolecular Hbond substituents is 1. The van der Waals surface area contributed by atoms with Crippen molar-refractivity contribution < 1.29 is 9.84 Å². The van der Waals surface area contributed by atoms with E-state index in [2.05, 4.69) is 10.3 Å². The Labute approximate surface area is 117 Å². The first-order chi connectivity index (χ1) is 9.11. The number of aromatic nitrogens is 1. The van der Waals surface area contributed by atoms with Crippen LogP contribution in [-0.2, 0) is 0 Å². The molecular formula is C14H15ClN2O2. The molecule has 0 aliphatic heterocycles. The van der Waals surface area contributed by atoms with Crippen LogP contribution in [0.1, 0.15) is 18.5 Å². The number of pyridine rings is 1. The first-order valence-electron chi connectivity index (χ1n) is 5.84. The number of benzene rings is 1. The summed E-state index contributed by atoms with van der Waals surface area (Å²) in [7, 11) is 1.52. The van der Waals surface area contributed by atoms with Crippen molar-refractivity contribution >= 4 is 17.3 Å². The van der Waals surface area contributed by atoms with Crippen molar-refractivity contribution in [1.82, 2.24) is 4.98 Å². The number of halogens is 1. The molecule has 0 aliphatic carbocycles. The Hall–Kier alpha value is -1.94. The van der Waals surface area contributed by atoms with Crippen molar-refractivity contribution in [3.8, 4) is 11.5 Å². The fourth-order valence-electron chi connectivity index (χ4n) is 1.76. The molecule has 1 aromatic carbocycles. The van der Waals surface area contributed by atoms with Gasteiger partial charge in [-0.15, -0.1) is 0 Å². The Bertz CT molecular complexity index is 575. The van der Waals surface area contributed by atoms with Crippen LogP contribution in [0.2, 0.25) is 5.02 Å². The Morgan fingerprint density at radius 2 is 2.16 bits per heavy atom. The topological polar surface area (TPSA) is 54.4 Å². The van der Waals surface area contributed by atoms with E-state index < -0.39 is 0 Å². The summed E-state index contributed by atoms with van der Waals surface area (Å²) in [6.45, 7) is 2.00. The fraction of sp³-hybridized carbons (Fsp3) is 0.214. The van der Waals surface area contributed by atoms with E-state index in [1.54, 1.807) is 30.6 Å². The molecule has 0 fully saturated rings. The predicted molar refractivity (Wildman–Crippen MR) is 75.9 cm³/mol. The highest BCUT2D eigenvalue weighted by atomic mass is 35.5. The number of aromatic hydroxyl groups is 1. The quantitative estimate of drug-likeness (QED) is 0.897. The van der Waals surface area contributed by atoms with E-state index in [9.17, 15) is 5.11 Å². The normalized spacial score (nSPS) is 11.9. The molecule has 0 bridgehead atoms. The molecule has 0 saturated heterocycles. The molecule has 1 aromatic heterocycles. The Morgan fingerprint density at radius 3 is 2.84 bits per heavy atom. The van der Waals surface area contributed by atoms with Crippen LogP contribution in [0.15, 0.2) is 36.7 Å². The SMILES string of the molecule is COc1cc(C(C)Nc2cnccc2Cl)ccc1O. The lowest BCUT2D eigenvalue weighted by Gasteiger charge is -2.17. The minimum Gasteiger partial charge on any atom is -0.504 e. The summed E-state index contributed by atoms with van der Waals surface area (Å²) in [6.07, 6.45) is 3.32. The highest BCUT2D eigenvalue weighted by Gasteiger charge is 2.10. The molecule has 5 heteroatoms. The minimum atomic E-state index is 0.0104. The standard InChI is InChI=1S/C14H15ClN2O2/c1-9(17-12-8-16-6-5-11(12)15)10-3-4-13(18)14(7-10)19-2/h3-9,17-18H,1-2H3. The van der Waals surface area contributed by atoms with Gasteiger partial charge < -0.3 is 15.2 Å². The second-order valence-corrected chi connectivity index (χ2v) is 4.56. The molecule has 2 rings (SSSR count). The van der Waals surface area contributed by atoms with Crippen molar-refractivity contribution in [2.45, 2.75) is 13.0 Å². The molecule has 1 heterocycles. The number of anilines is 1. The van der Waals surface area contributed by atoms with Crippen molar-refractivity contribution in [3.05, 3.63) is 47.2 Å². The molecule has 0 saturated carbocycles. The third-order valence-electron chi connectivity index (χ3n) is 2.84. The third-order valence-corrected chi connectivity index (χ3v) is 3.17. The Balaban J connectivity index is 2.20. The highest BCUT2D eigenvalue weighted by molar-refractivity contribution is 6.33. The molecule has 100 valence electrons. The van der Waals surface area contributed by atoms with Crippen molar-refractivity contribution in [3.63, 3.8) is 0 Å². The first-order valence-corrected chi connectivity index (χ1v) is 6.22. The van der Waals surface area contributed by atoms with Crippen LogP contribution >= 0.6 is 11.6 Å². The van der Waals surface area contributed by atoms with Gasteiger partial charge in [-0.25, -0.2) is 0 Å². The zero-order valence-electron chi connectivity index (χ0n) is 10.7. The molecule has 0 amide bonds. The number of phenols is 1. The van der Waals surface area contributed by atoms with E-state index in [1.807, 2.05) is 13.0 Å². The molecule has 4 nitrogen and oxygen atoms in total. The van der Waals surface area contributed by atoms with Crippen LogP contribution < -0.4 is 10.1 Å². The van der Waals surface area contributed by atoms with Crippen molar-refractivity contribution in [2.75, 3.05) is 12.4 Å². The lowest BCUT2D eigenvalue weighted by Crippen LogP contribution is -2.07. The van der Waals surface area contributed by atoms with Gasteiger partial charge in [0.1, 0.15) is 0 Å². The smallest absolute Gasteiger partial charge is 0.160 e. The second kappa shape index (κ2) is 5.80. The van der Waals surface area contributed by atoms with Crippen LogP contribution in [0, 0.1) is 0 Å². The zero-order valence-corrected chi connectivity index (χ0v) is 11.5. The van der Waals surface area contributed by atoms with Gasteiger partial charge in [-0.2, -0.15) is 0 Å². The monoisotopic (exact) mass is 278 g/mol. The van der Waals surface area contributed by atoms with Crippen molar-refractivity contribution in [1.29, 1.82) is 0 Å². The maximum absolute atomic E-state index is 9.57. The highest BCUT2D eigenvalue weighted by Crippen LogP contribution is 2.31. The summed E-state index contributed by atoms with van der Waals surface area (Å²) in [6, 6.07) is 6.97. The van der Waals surface area contributed by atoms with E-state index in [0.29, 0.717) is 10.8 Å². The average molecular weight is 279 g/mol. The van der Waals surface area contributed by atoms with E-state index in [1.165, 1.54) is 7.11 Å². The summed E-state index contributed by atoms with van der Waals surface area (Å²) in [5.74, 6) is 0.571. The first kappa shape index (κ1) is 13.5. The van der Waals surface area contributed by atoms with Gasteiger partial charge in [-0.3, -0.25) is 4.98 Å². The van der Waals surface area contributed by atoms with Crippen LogP contribution in [0.4, 0.5) is 5.69 Å². The van der Waals surface area contributed by atoms with Gasteiger partial charge in [0.25, 0.3) is 0 Å². The number of hydrogen-bond acceptors (Lipinski definition) is 4. The number of nitrogens with zero attached hydrogens (tertiary/aromatic N) is 1. The Morgan fingerprint density at radius 1 is 1.37 bits per heavy atom. The van der Waals surface area contributed by atoms with E-state index in [-0.39, 0.29) is 11.8 Å². The number of methoxy groups -OCH3 is 1. The van der Waals surface area contributed by atoms with Crippen LogP contribution in [0.25, 0.3) is 0 Å². The molecule has 1 unspecified atom stereocenters. The van der Waals surface area contributed by atoms with Gasteiger partial charge in [0.2, 0.25) is 0 Å². The Kier molecular flexibility index (Phi) is 4.12. The molecule has 1 atom stereocenters. The predicted octanol–water partition coefficient (Wildman–Crippen LogP) is 3.62. The van der Waals surface area contributed by atoms with E-state index in [4.69, 9.17) is 16.3 Å². The molecule has 0 spiro atoms. The van der Waals surface area contributed by atoms with Gasteiger partial charge >= 0.3 is 0 Å². The molecular weight excluding hydrogens is 264 g/mol. The lowest BCUT2D eigenvalue weighted by atomic mass is 10.1. The molecule has 0 aliphatic rings. The van der Waals surface area contributed by atoms with Gasteiger partial charge in [-0.1, -0.05) is 17.7 Å². The lowest BCUT2D eigenvalue weighted by molar-refractivity contribution is 0.373. The molecule has 2 aromatic rings. The fourth-order valence-corrected chi connectivity index (χ4v) is 1.92. The number of hydrogen-bond donors (Lipinski definition) is 2. The van der Waals surface area contributed by atoms with E-state index >= 15 is 0 Å².